The highest BCUT2D eigenvalue weighted by Gasteiger charge is 2.28. The molecule has 20 heavy (non-hydrogen) atoms. The maximum Gasteiger partial charge on any atom is 0.308 e. The fraction of sp³-hybridized carbons (Fsp3) is 0.786. The molecule has 0 aliphatic carbocycles. The summed E-state index contributed by atoms with van der Waals surface area (Å²) in [5.41, 5.74) is -0.502. The SMILES string of the molecule is COC(=O)C1CCN(C(=O)CNC(=O)C(C)(C)C)CC1. The van der Waals surface area contributed by atoms with Crippen molar-refractivity contribution in [3.8, 4) is 0 Å². The first-order valence-electron chi connectivity index (χ1n) is 6.89. The fourth-order valence-corrected chi connectivity index (χ4v) is 2.06. The molecule has 1 heterocycles. The number of piperidine rings is 1. The molecule has 0 spiro atoms. The molecule has 1 fully saturated rings. The molecule has 0 aromatic carbocycles. The van der Waals surface area contributed by atoms with Gasteiger partial charge >= 0.3 is 5.97 Å². The van der Waals surface area contributed by atoms with E-state index in [9.17, 15) is 14.4 Å². The summed E-state index contributed by atoms with van der Waals surface area (Å²) in [6, 6.07) is 0. The molecule has 1 rings (SSSR count). The van der Waals surface area contributed by atoms with Gasteiger partial charge < -0.3 is 15.0 Å². The molecule has 0 aromatic rings. The molecule has 1 saturated heterocycles. The zero-order chi connectivity index (χ0) is 15.3. The Labute approximate surface area is 119 Å². The molecule has 1 aliphatic rings. The van der Waals surface area contributed by atoms with E-state index in [1.807, 2.05) is 0 Å². The van der Waals surface area contributed by atoms with Gasteiger partial charge in [0.05, 0.1) is 19.6 Å². The second-order valence-corrected chi connectivity index (χ2v) is 6.11. The quantitative estimate of drug-likeness (QED) is 0.768. The Bertz CT molecular complexity index is 379. The van der Waals surface area contributed by atoms with Crippen molar-refractivity contribution in [2.45, 2.75) is 33.6 Å². The maximum absolute atomic E-state index is 12.0. The third kappa shape index (κ3) is 4.51. The molecule has 0 saturated carbocycles. The Morgan fingerprint density at radius 1 is 1.20 bits per heavy atom. The Kier molecular flexibility index (Phi) is 5.53. The van der Waals surface area contributed by atoms with Gasteiger partial charge in [0.2, 0.25) is 11.8 Å². The average Bonchev–Trinajstić information content (AvgIpc) is 2.42. The lowest BCUT2D eigenvalue weighted by atomic mass is 9.95. The molecule has 0 bridgehead atoms. The predicted molar refractivity (Wildman–Crippen MR) is 73.8 cm³/mol. The Balaban J connectivity index is 2.36. The van der Waals surface area contributed by atoms with E-state index in [1.165, 1.54) is 7.11 Å². The van der Waals surface area contributed by atoms with Gasteiger partial charge in [0, 0.05) is 18.5 Å². The highest BCUT2D eigenvalue weighted by molar-refractivity contribution is 5.87. The minimum Gasteiger partial charge on any atom is -0.469 e. The molecule has 6 nitrogen and oxygen atoms in total. The van der Waals surface area contributed by atoms with E-state index in [0.717, 1.165) is 0 Å². The smallest absolute Gasteiger partial charge is 0.308 e. The van der Waals surface area contributed by atoms with Crippen molar-refractivity contribution < 1.29 is 19.1 Å². The Morgan fingerprint density at radius 3 is 2.20 bits per heavy atom. The molecule has 114 valence electrons. The summed E-state index contributed by atoms with van der Waals surface area (Å²) in [5, 5.41) is 2.64. The predicted octanol–water partition coefficient (Wildman–Crippen LogP) is 0.560. The number of carbonyl (C=O) groups is 3. The third-order valence-electron chi connectivity index (χ3n) is 3.46. The number of carbonyl (C=O) groups excluding carboxylic acids is 3. The number of nitrogens with zero attached hydrogens (tertiary/aromatic N) is 1. The fourth-order valence-electron chi connectivity index (χ4n) is 2.06. The van der Waals surface area contributed by atoms with Crippen molar-refractivity contribution in [1.29, 1.82) is 0 Å². The lowest BCUT2D eigenvalue weighted by Gasteiger charge is -2.31. The van der Waals surface area contributed by atoms with E-state index in [1.54, 1.807) is 25.7 Å². The van der Waals surface area contributed by atoms with Crippen LogP contribution in [0.15, 0.2) is 0 Å². The van der Waals surface area contributed by atoms with Crippen LogP contribution >= 0.6 is 0 Å². The van der Waals surface area contributed by atoms with E-state index in [-0.39, 0.29) is 30.2 Å². The van der Waals surface area contributed by atoms with Gasteiger partial charge in [0.1, 0.15) is 0 Å². The molecule has 0 radical (unpaired) electrons. The molecular weight excluding hydrogens is 260 g/mol. The lowest BCUT2D eigenvalue weighted by Crippen LogP contribution is -2.46. The summed E-state index contributed by atoms with van der Waals surface area (Å²) in [6.07, 6.45) is 1.23. The summed E-state index contributed by atoms with van der Waals surface area (Å²) in [6.45, 7) is 6.48. The van der Waals surface area contributed by atoms with Crippen LogP contribution in [0.25, 0.3) is 0 Å². The van der Waals surface area contributed by atoms with Gasteiger partial charge in [-0.15, -0.1) is 0 Å². The lowest BCUT2D eigenvalue weighted by molar-refractivity contribution is -0.148. The summed E-state index contributed by atoms with van der Waals surface area (Å²) >= 11 is 0. The van der Waals surface area contributed by atoms with E-state index >= 15 is 0 Å². The summed E-state index contributed by atoms with van der Waals surface area (Å²) in [7, 11) is 1.38. The zero-order valence-corrected chi connectivity index (χ0v) is 12.7. The molecule has 1 aliphatic heterocycles. The van der Waals surface area contributed by atoms with Gasteiger partial charge in [-0.1, -0.05) is 20.8 Å². The number of ether oxygens (including phenoxy) is 1. The molecule has 0 atom stereocenters. The first-order valence-corrected chi connectivity index (χ1v) is 6.89. The van der Waals surface area contributed by atoms with E-state index in [4.69, 9.17) is 4.74 Å². The van der Waals surface area contributed by atoms with Crippen LogP contribution in [-0.4, -0.2) is 49.4 Å². The third-order valence-corrected chi connectivity index (χ3v) is 3.46. The highest BCUT2D eigenvalue weighted by atomic mass is 16.5. The van der Waals surface area contributed by atoms with E-state index in [2.05, 4.69) is 5.32 Å². The molecule has 2 amide bonds. The van der Waals surface area contributed by atoms with Crippen molar-refractivity contribution >= 4 is 17.8 Å². The minimum atomic E-state index is -0.502. The molecule has 0 unspecified atom stereocenters. The monoisotopic (exact) mass is 284 g/mol. The zero-order valence-electron chi connectivity index (χ0n) is 12.7. The number of methoxy groups -OCH3 is 1. The summed E-state index contributed by atoms with van der Waals surface area (Å²) < 4.78 is 4.70. The second-order valence-electron chi connectivity index (χ2n) is 6.11. The first-order chi connectivity index (χ1) is 9.25. The van der Waals surface area contributed by atoms with E-state index in [0.29, 0.717) is 25.9 Å². The minimum absolute atomic E-state index is 0.0129. The van der Waals surface area contributed by atoms with Gasteiger partial charge in [0.25, 0.3) is 0 Å². The van der Waals surface area contributed by atoms with Crippen LogP contribution in [0.4, 0.5) is 0 Å². The van der Waals surface area contributed by atoms with Crippen molar-refractivity contribution in [3.05, 3.63) is 0 Å². The molecular formula is C14H24N2O4. The van der Waals surface area contributed by atoms with Crippen molar-refractivity contribution in [2.24, 2.45) is 11.3 Å². The number of hydrogen-bond acceptors (Lipinski definition) is 4. The topological polar surface area (TPSA) is 75.7 Å². The summed E-state index contributed by atoms with van der Waals surface area (Å²) in [4.78, 5) is 36.7. The van der Waals surface area contributed by atoms with Crippen molar-refractivity contribution in [3.63, 3.8) is 0 Å². The number of likely N-dealkylation sites (tertiary alicyclic amines) is 1. The number of hydrogen-bond donors (Lipinski definition) is 1. The Hall–Kier alpha value is -1.59. The van der Waals surface area contributed by atoms with Gasteiger partial charge in [-0.05, 0) is 12.8 Å². The van der Waals surface area contributed by atoms with E-state index < -0.39 is 5.41 Å². The molecule has 1 N–H and O–H groups in total. The number of nitrogens with one attached hydrogen (secondary N) is 1. The maximum atomic E-state index is 12.0. The molecule has 0 aromatic heterocycles. The number of amides is 2. The van der Waals surface area contributed by atoms with Gasteiger partial charge in [-0.25, -0.2) is 0 Å². The van der Waals surface area contributed by atoms with Crippen LogP contribution in [0.2, 0.25) is 0 Å². The Morgan fingerprint density at radius 2 is 1.75 bits per heavy atom. The first kappa shape index (κ1) is 16.5. The second kappa shape index (κ2) is 6.72. The van der Waals surface area contributed by atoms with Crippen LogP contribution < -0.4 is 5.32 Å². The van der Waals surface area contributed by atoms with Crippen molar-refractivity contribution in [1.82, 2.24) is 10.2 Å². The van der Waals surface area contributed by atoms with Crippen LogP contribution in [0.1, 0.15) is 33.6 Å². The molecule has 6 heteroatoms. The standard InChI is InChI=1S/C14H24N2O4/c1-14(2,3)13(19)15-9-11(17)16-7-5-10(6-8-16)12(18)20-4/h10H,5-9H2,1-4H3,(H,15,19). The summed E-state index contributed by atoms with van der Waals surface area (Å²) in [5.74, 6) is -0.576. The largest absolute Gasteiger partial charge is 0.469 e. The number of esters is 1. The number of rotatable bonds is 3. The van der Waals surface area contributed by atoms with Crippen LogP contribution in [0.3, 0.4) is 0 Å². The van der Waals surface area contributed by atoms with Gasteiger partial charge in [0.15, 0.2) is 0 Å². The van der Waals surface area contributed by atoms with Crippen LogP contribution in [0.5, 0.6) is 0 Å². The van der Waals surface area contributed by atoms with Gasteiger partial charge in [-0.3, -0.25) is 14.4 Å². The van der Waals surface area contributed by atoms with Crippen molar-refractivity contribution in [2.75, 3.05) is 26.7 Å². The van der Waals surface area contributed by atoms with Crippen LogP contribution in [0, 0.1) is 11.3 Å². The van der Waals surface area contributed by atoms with Gasteiger partial charge in [-0.2, -0.15) is 0 Å². The average molecular weight is 284 g/mol. The highest BCUT2D eigenvalue weighted by Crippen LogP contribution is 2.18. The normalized spacial score (nSPS) is 16.7. The van der Waals surface area contributed by atoms with Crippen LogP contribution in [-0.2, 0) is 19.1 Å².